The molecule has 0 spiro atoms. The summed E-state index contributed by atoms with van der Waals surface area (Å²) in [7, 11) is -3.21. The highest BCUT2D eigenvalue weighted by atomic mass is 32.2. The summed E-state index contributed by atoms with van der Waals surface area (Å²) >= 11 is 0. The first-order valence-electron chi connectivity index (χ1n) is 8.11. The number of amides is 2. The van der Waals surface area contributed by atoms with Crippen LogP contribution in [-0.2, 0) is 16.4 Å². The monoisotopic (exact) mass is 339 g/mol. The van der Waals surface area contributed by atoms with Crippen LogP contribution >= 0.6 is 0 Å². The first-order chi connectivity index (χ1) is 11.0. The van der Waals surface area contributed by atoms with Crippen LogP contribution in [0.3, 0.4) is 0 Å². The number of rotatable bonds is 6. The maximum Gasteiger partial charge on any atom is 0.315 e. The van der Waals surface area contributed by atoms with Crippen molar-refractivity contribution in [3.8, 4) is 0 Å². The summed E-state index contributed by atoms with van der Waals surface area (Å²) in [6, 6.07) is 7.97. The van der Waals surface area contributed by atoms with Crippen molar-refractivity contribution in [1.82, 2.24) is 15.4 Å². The van der Waals surface area contributed by atoms with Crippen molar-refractivity contribution in [1.29, 1.82) is 0 Å². The maximum absolute atomic E-state index is 12.0. The first-order valence-corrected chi connectivity index (χ1v) is 9.76. The van der Waals surface area contributed by atoms with Crippen LogP contribution in [0.15, 0.2) is 24.3 Å². The van der Waals surface area contributed by atoms with E-state index in [2.05, 4.69) is 27.5 Å². The molecule has 0 aromatic heterocycles. The van der Waals surface area contributed by atoms with Gasteiger partial charge < -0.3 is 10.6 Å². The second-order valence-electron chi connectivity index (χ2n) is 5.70. The predicted octanol–water partition coefficient (Wildman–Crippen LogP) is 1.69. The molecule has 0 unspecified atom stereocenters. The molecular formula is C16H25N3O3S. The highest BCUT2D eigenvalue weighted by Crippen LogP contribution is 2.28. The molecule has 6 nitrogen and oxygen atoms in total. The van der Waals surface area contributed by atoms with Crippen molar-refractivity contribution in [2.75, 3.05) is 18.8 Å². The summed E-state index contributed by atoms with van der Waals surface area (Å²) < 4.78 is 25.0. The van der Waals surface area contributed by atoms with Gasteiger partial charge in [0.15, 0.2) is 0 Å². The molecule has 7 heteroatoms. The lowest BCUT2D eigenvalue weighted by molar-refractivity contribution is 0.236. The van der Waals surface area contributed by atoms with Gasteiger partial charge in [0.1, 0.15) is 0 Å². The van der Waals surface area contributed by atoms with Gasteiger partial charge in [-0.15, -0.1) is 0 Å². The molecule has 0 radical (unpaired) electrons. The van der Waals surface area contributed by atoms with Gasteiger partial charge >= 0.3 is 6.03 Å². The van der Waals surface area contributed by atoms with E-state index in [1.165, 1.54) is 11.1 Å². The van der Waals surface area contributed by atoms with Gasteiger partial charge in [-0.1, -0.05) is 30.7 Å². The average molecular weight is 339 g/mol. The number of fused-ring (bicyclic) bond motifs is 1. The Bertz CT molecular complexity index is 631. The zero-order valence-electron chi connectivity index (χ0n) is 13.5. The second-order valence-corrected chi connectivity index (χ2v) is 7.79. The van der Waals surface area contributed by atoms with E-state index in [9.17, 15) is 13.2 Å². The Morgan fingerprint density at radius 1 is 1.22 bits per heavy atom. The van der Waals surface area contributed by atoms with Crippen molar-refractivity contribution in [2.24, 2.45) is 0 Å². The Balaban J connectivity index is 1.83. The lowest BCUT2D eigenvalue weighted by Gasteiger charge is -2.19. The van der Waals surface area contributed by atoms with E-state index in [-0.39, 0.29) is 30.9 Å². The molecule has 2 rings (SSSR count). The number of carbonyl (C=O) groups is 1. The van der Waals surface area contributed by atoms with E-state index >= 15 is 0 Å². The number of sulfonamides is 1. The van der Waals surface area contributed by atoms with E-state index in [0.29, 0.717) is 0 Å². The molecule has 0 fully saturated rings. The standard InChI is InChI=1S/C16H25N3O3S/c1-2-23(21,22)18-12-11-17-16(20)19-15-10-6-4-8-13-7-3-5-9-14(13)15/h3,5,7,9,15,18H,2,4,6,8,10-12H2,1H3,(H2,17,19,20)/t15-/m1/s1. The van der Waals surface area contributed by atoms with Gasteiger partial charge in [0.05, 0.1) is 11.8 Å². The van der Waals surface area contributed by atoms with Gasteiger partial charge in [0.25, 0.3) is 0 Å². The molecule has 0 saturated carbocycles. The van der Waals surface area contributed by atoms with E-state index in [4.69, 9.17) is 0 Å². The molecule has 1 atom stereocenters. The van der Waals surface area contributed by atoms with Crippen LogP contribution in [0.2, 0.25) is 0 Å². The second kappa shape index (κ2) is 8.31. The topological polar surface area (TPSA) is 87.3 Å². The highest BCUT2D eigenvalue weighted by molar-refractivity contribution is 7.89. The van der Waals surface area contributed by atoms with Crippen LogP contribution in [0.1, 0.15) is 43.4 Å². The molecular weight excluding hydrogens is 314 g/mol. The van der Waals surface area contributed by atoms with Crippen LogP contribution in [-0.4, -0.2) is 33.3 Å². The fourth-order valence-corrected chi connectivity index (χ4v) is 3.38. The summed E-state index contributed by atoms with van der Waals surface area (Å²) in [6.07, 6.45) is 4.19. The third kappa shape index (κ3) is 5.51. The number of nitrogens with one attached hydrogen (secondary N) is 3. The predicted molar refractivity (Wildman–Crippen MR) is 90.7 cm³/mol. The van der Waals surface area contributed by atoms with Gasteiger partial charge in [-0.25, -0.2) is 17.9 Å². The molecule has 2 amide bonds. The summed E-state index contributed by atoms with van der Waals surface area (Å²) in [5.74, 6) is 0.0397. The molecule has 1 aromatic rings. The third-order valence-corrected chi connectivity index (χ3v) is 5.44. The lowest BCUT2D eigenvalue weighted by atomic mass is 9.99. The SMILES string of the molecule is CCS(=O)(=O)NCCNC(=O)N[C@@H]1CCCCc2ccccc21. The molecule has 0 saturated heterocycles. The molecule has 23 heavy (non-hydrogen) atoms. The van der Waals surface area contributed by atoms with Crippen LogP contribution in [0, 0.1) is 0 Å². The maximum atomic E-state index is 12.0. The van der Waals surface area contributed by atoms with Gasteiger partial charge in [-0.2, -0.15) is 0 Å². The normalized spacial score (nSPS) is 17.9. The Hall–Kier alpha value is -1.60. The summed E-state index contributed by atoms with van der Waals surface area (Å²) in [6.45, 7) is 2.04. The summed E-state index contributed by atoms with van der Waals surface area (Å²) in [5.41, 5.74) is 2.48. The van der Waals surface area contributed by atoms with Crippen molar-refractivity contribution in [3.63, 3.8) is 0 Å². The van der Waals surface area contributed by atoms with Crippen LogP contribution in [0.5, 0.6) is 0 Å². The minimum atomic E-state index is -3.21. The van der Waals surface area contributed by atoms with Gasteiger partial charge in [0.2, 0.25) is 10.0 Å². The smallest absolute Gasteiger partial charge is 0.315 e. The zero-order valence-corrected chi connectivity index (χ0v) is 14.3. The number of urea groups is 1. The molecule has 0 heterocycles. The molecule has 0 bridgehead atoms. The number of hydrogen-bond acceptors (Lipinski definition) is 3. The van der Waals surface area contributed by atoms with Gasteiger partial charge in [-0.3, -0.25) is 0 Å². The fourth-order valence-electron chi connectivity index (χ4n) is 2.77. The summed E-state index contributed by atoms with van der Waals surface area (Å²) in [4.78, 5) is 12.0. The fraction of sp³-hybridized carbons (Fsp3) is 0.562. The minimum Gasteiger partial charge on any atom is -0.337 e. The Kier molecular flexibility index (Phi) is 6.41. The Morgan fingerprint density at radius 3 is 2.78 bits per heavy atom. The van der Waals surface area contributed by atoms with Crippen molar-refractivity contribution in [2.45, 2.75) is 38.6 Å². The molecule has 3 N–H and O–H groups in total. The van der Waals surface area contributed by atoms with E-state index in [0.717, 1.165) is 25.7 Å². The summed E-state index contributed by atoms with van der Waals surface area (Å²) in [5, 5.41) is 5.70. The molecule has 1 aliphatic carbocycles. The minimum absolute atomic E-state index is 0.0148. The first kappa shape index (κ1) is 17.7. The van der Waals surface area contributed by atoms with E-state index in [1.807, 2.05) is 12.1 Å². The van der Waals surface area contributed by atoms with Gasteiger partial charge in [0, 0.05) is 13.1 Å². The number of hydrogen-bond donors (Lipinski definition) is 3. The lowest BCUT2D eigenvalue weighted by Crippen LogP contribution is -2.42. The number of aryl methyl sites for hydroxylation is 1. The zero-order chi connectivity index (χ0) is 16.7. The molecule has 128 valence electrons. The quantitative estimate of drug-likeness (QED) is 0.544. The molecule has 1 aromatic carbocycles. The molecule has 1 aliphatic rings. The van der Waals surface area contributed by atoms with E-state index in [1.54, 1.807) is 6.92 Å². The largest absolute Gasteiger partial charge is 0.337 e. The van der Waals surface area contributed by atoms with Crippen LogP contribution < -0.4 is 15.4 Å². The van der Waals surface area contributed by atoms with Crippen molar-refractivity contribution in [3.05, 3.63) is 35.4 Å². The van der Waals surface area contributed by atoms with Crippen molar-refractivity contribution >= 4 is 16.1 Å². The van der Waals surface area contributed by atoms with E-state index < -0.39 is 10.0 Å². The van der Waals surface area contributed by atoms with Crippen LogP contribution in [0.25, 0.3) is 0 Å². The Labute approximate surface area is 138 Å². The average Bonchev–Trinajstić information content (AvgIpc) is 2.74. The van der Waals surface area contributed by atoms with Crippen LogP contribution in [0.4, 0.5) is 4.79 Å². The van der Waals surface area contributed by atoms with Crippen molar-refractivity contribution < 1.29 is 13.2 Å². The number of benzene rings is 1. The third-order valence-electron chi connectivity index (χ3n) is 4.04. The molecule has 0 aliphatic heterocycles. The number of carbonyl (C=O) groups excluding carboxylic acids is 1. The highest BCUT2D eigenvalue weighted by Gasteiger charge is 2.19. The van der Waals surface area contributed by atoms with Gasteiger partial charge in [-0.05, 0) is 37.3 Å². The Morgan fingerprint density at radius 2 is 2.00 bits per heavy atom.